The smallest absolute Gasteiger partial charge is 0.210 e. The molecule has 6 nitrogen and oxygen atoms in total. The zero-order chi connectivity index (χ0) is 26.5. The van der Waals surface area contributed by atoms with Gasteiger partial charge in [0.05, 0.1) is 5.41 Å². The fraction of sp³-hybridized carbons (Fsp3) is 0.276. The molecule has 0 atom stereocenters. The summed E-state index contributed by atoms with van der Waals surface area (Å²) in [5, 5.41) is 2.66. The van der Waals surface area contributed by atoms with Crippen LogP contribution < -0.4 is 23.5 Å². The number of halogens is 1. The van der Waals surface area contributed by atoms with Gasteiger partial charge in [-0.1, -0.05) is 62.4 Å². The average Bonchev–Trinajstić information content (AvgIpc) is 3.12. The molecule has 2 heterocycles. The number of hydrogen-bond donors (Lipinski definition) is 0. The van der Waals surface area contributed by atoms with Gasteiger partial charge in [-0.2, -0.15) is 4.58 Å². The van der Waals surface area contributed by atoms with Crippen LogP contribution in [0.4, 0.5) is 11.4 Å². The van der Waals surface area contributed by atoms with E-state index in [1.165, 1.54) is 44.7 Å². The number of fused-ring (bicyclic) bond motifs is 4. The SMILES string of the molecule is CN1/C(=C\C=C\C2=[N+](C)c3ccc4ccccc4c3C2(C)C)C(C)(C)c2ccccc21.[O-][Cl+3]([O-])([O-])[O-]. The lowest BCUT2D eigenvalue weighted by molar-refractivity contribution is -2.00. The summed E-state index contributed by atoms with van der Waals surface area (Å²) in [5.41, 5.74) is 8.02. The molecule has 2 aliphatic heterocycles. The van der Waals surface area contributed by atoms with Gasteiger partial charge in [-0.05, 0) is 48.4 Å². The molecule has 0 aromatic heterocycles. The Morgan fingerprint density at radius 2 is 1.44 bits per heavy atom. The zero-order valence-electron chi connectivity index (χ0n) is 21.4. The van der Waals surface area contributed by atoms with Crippen LogP contribution in [0.1, 0.15) is 38.8 Å². The lowest BCUT2D eigenvalue weighted by Crippen LogP contribution is -2.68. The normalized spacial score (nSPS) is 19.1. The molecule has 5 rings (SSSR count). The van der Waals surface area contributed by atoms with Crippen LogP contribution in [-0.4, -0.2) is 24.4 Å². The van der Waals surface area contributed by atoms with Gasteiger partial charge in [0, 0.05) is 41.6 Å². The number of nitrogens with zero attached hydrogens (tertiary/aromatic N) is 2. The van der Waals surface area contributed by atoms with E-state index in [9.17, 15) is 0 Å². The molecule has 188 valence electrons. The van der Waals surface area contributed by atoms with Crippen molar-refractivity contribution in [3.63, 3.8) is 0 Å². The first-order valence-electron chi connectivity index (χ1n) is 11.7. The Balaban J connectivity index is 0.000000556. The van der Waals surface area contributed by atoms with Crippen LogP contribution in [0.3, 0.4) is 0 Å². The molecule has 2 aliphatic rings. The quantitative estimate of drug-likeness (QED) is 0.495. The van der Waals surface area contributed by atoms with Crippen LogP contribution >= 0.6 is 0 Å². The van der Waals surface area contributed by atoms with Crippen molar-refractivity contribution in [1.82, 2.24) is 0 Å². The van der Waals surface area contributed by atoms with Gasteiger partial charge >= 0.3 is 0 Å². The van der Waals surface area contributed by atoms with Gasteiger partial charge in [-0.15, -0.1) is 10.2 Å². The van der Waals surface area contributed by atoms with Gasteiger partial charge in [0.25, 0.3) is 0 Å². The number of rotatable bonds is 2. The summed E-state index contributed by atoms with van der Waals surface area (Å²) in [6.45, 7) is 9.32. The predicted octanol–water partition coefficient (Wildman–Crippen LogP) is 1.96. The Morgan fingerprint density at radius 3 is 2.11 bits per heavy atom. The number of anilines is 1. The van der Waals surface area contributed by atoms with E-state index < -0.39 is 10.2 Å². The molecule has 0 N–H and O–H groups in total. The third-order valence-electron chi connectivity index (χ3n) is 7.34. The molecule has 0 bridgehead atoms. The summed E-state index contributed by atoms with van der Waals surface area (Å²) < 4.78 is 36.3. The molecule has 36 heavy (non-hydrogen) atoms. The van der Waals surface area contributed by atoms with Crippen molar-refractivity contribution in [3.8, 4) is 0 Å². The lowest BCUT2D eigenvalue weighted by Gasteiger charge is -2.23. The first-order chi connectivity index (χ1) is 16.7. The highest BCUT2D eigenvalue weighted by Gasteiger charge is 2.44. The summed E-state index contributed by atoms with van der Waals surface area (Å²) >= 11 is 0. The van der Waals surface area contributed by atoms with Crippen molar-refractivity contribution < 1.29 is 33.5 Å². The lowest BCUT2D eigenvalue weighted by atomic mass is 9.79. The minimum atomic E-state index is -4.94. The van der Waals surface area contributed by atoms with E-state index in [4.69, 9.17) is 18.6 Å². The number of para-hydroxylation sites is 1. The van der Waals surface area contributed by atoms with Crippen LogP contribution in [0.15, 0.2) is 84.6 Å². The number of likely N-dealkylation sites (N-methyl/N-ethyl adjacent to an activating group) is 1. The highest BCUT2D eigenvalue weighted by atomic mass is 35.7. The summed E-state index contributed by atoms with van der Waals surface area (Å²) in [7, 11) is -0.579. The van der Waals surface area contributed by atoms with E-state index in [1.54, 1.807) is 0 Å². The fourth-order valence-electron chi connectivity index (χ4n) is 5.73. The van der Waals surface area contributed by atoms with Gasteiger partial charge < -0.3 is 4.90 Å². The Bertz CT molecular complexity index is 1410. The average molecular weight is 507 g/mol. The van der Waals surface area contributed by atoms with E-state index in [0.717, 1.165) is 0 Å². The molecule has 0 spiro atoms. The van der Waals surface area contributed by atoms with Gasteiger partial charge in [-0.25, -0.2) is 18.6 Å². The summed E-state index contributed by atoms with van der Waals surface area (Å²) in [5.74, 6) is 0. The third kappa shape index (κ3) is 4.59. The standard InChI is InChI=1S/C29H31N2.ClHO4/c1-28(2)22-14-9-10-15-23(22)30(5)25(28)16-11-17-26-29(3,4)27-21-13-8-7-12-20(21)18-19-24(27)31(26)6;2-1(3,4)5/h7-19H,1-6H3;(H,2,3,4,5)/q+1;/p-1. The molecule has 0 amide bonds. The van der Waals surface area contributed by atoms with E-state index in [1.807, 2.05) is 0 Å². The van der Waals surface area contributed by atoms with Gasteiger partial charge in [0.2, 0.25) is 5.69 Å². The van der Waals surface area contributed by atoms with Crippen LogP contribution in [0.25, 0.3) is 10.8 Å². The Hall–Kier alpha value is -3.00. The molecule has 0 radical (unpaired) electrons. The Labute approximate surface area is 214 Å². The van der Waals surface area contributed by atoms with Gasteiger partial charge in [0.1, 0.15) is 7.05 Å². The molecule has 0 unspecified atom stereocenters. The molecule has 0 aliphatic carbocycles. The summed E-state index contributed by atoms with van der Waals surface area (Å²) in [4.78, 5) is 2.33. The number of hydrogen-bond acceptors (Lipinski definition) is 5. The van der Waals surface area contributed by atoms with Crippen molar-refractivity contribution >= 4 is 27.9 Å². The molecule has 7 heteroatoms. The zero-order valence-corrected chi connectivity index (χ0v) is 22.2. The second-order valence-electron chi connectivity index (χ2n) is 10.2. The van der Waals surface area contributed by atoms with Crippen LogP contribution in [-0.2, 0) is 10.8 Å². The highest BCUT2D eigenvalue weighted by molar-refractivity contribution is 6.07. The third-order valence-corrected chi connectivity index (χ3v) is 7.34. The van der Waals surface area contributed by atoms with E-state index in [0.29, 0.717) is 0 Å². The predicted molar refractivity (Wildman–Crippen MR) is 133 cm³/mol. The molecule has 0 fully saturated rings. The van der Waals surface area contributed by atoms with Crippen LogP contribution in [0, 0.1) is 10.2 Å². The van der Waals surface area contributed by atoms with E-state index >= 15 is 0 Å². The van der Waals surface area contributed by atoms with Crippen molar-refractivity contribution in [2.75, 3.05) is 19.0 Å². The van der Waals surface area contributed by atoms with Crippen molar-refractivity contribution in [3.05, 3.63) is 95.7 Å². The first kappa shape index (κ1) is 26.1. The van der Waals surface area contributed by atoms with Crippen molar-refractivity contribution in [2.45, 2.75) is 38.5 Å². The minimum Gasteiger partial charge on any atom is -0.347 e. The topological polar surface area (TPSA) is 98.5 Å². The van der Waals surface area contributed by atoms with E-state index in [2.05, 4.69) is 130 Å². The molecule has 0 saturated carbocycles. The largest absolute Gasteiger partial charge is 0.347 e. The van der Waals surface area contributed by atoms with Crippen molar-refractivity contribution in [2.24, 2.45) is 0 Å². The maximum atomic E-state index is 8.49. The molecule has 3 aromatic rings. The monoisotopic (exact) mass is 506 g/mol. The molecule has 0 saturated heterocycles. The minimum absolute atomic E-state index is 0.00336. The number of benzene rings is 3. The van der Waals surface area contributed by atoms with Crippen LogP contribution in [0.2, 0.25) is 0 Å². The Kier molecular flexibility index (Phi) is 6.62. The molecular weight excluding hydrogens is 476 g/mol. The Morgan fingerprint density at radius 1 is 0.833 bits per heavy atom. The summed E-state index contributed by atoms with van der Waals surface area (Å²) in [6, 6.07) is 22.0. The maximum absolute atomic E-state index is 8.49. The highest BCUT2D eigenvalue weighted by Crippen LogP contribution is 2.47. The van der Waals surface area contributed by atoms with Crippen LogP contribution in [0.5, 0.6) is 0 Å². The van der Waals surface area contributed by atoms with Gasteiger partial charge in [0.15, 0.2) is 5.71 Å². The summed E-state index contributed by atoms with van der Waals surface area (Å²) in [6.07, 6.45) is 6.83. The van der Waals surface area contributed by atoms with E-state index in [-0.39, 0.29) is 10.8 Å². The van der Waals surface area contributed by atoms with Crippen molar-refractivity contribution in [1.29, 1.82) is 0 Å². The molecular formula is C29H31ClN2O4. The first-order valence-corrected chi connectivity index (χ1v) is 12.9. The second kappa shape index (κ2) is 9.14. The molecule has 3 aromatic carbocycles. The van der Waals surface area contributed by atoms with Gasteiger partial charge in [-0.3, -0.25) is 0 Å². The number of allylic oxidation sites excluding steroid dienone is 4. The maximum Gasteiger partial charge on any atom is 0.210 e. The second-order valence-corrected chi connectivity index (χ2v) is 11.0. The fourth-order valence-corrected chi connectivity index (χ4v) is 5.73.